The van der Waals surface area contributed by atoms with Gasteiger partial charge in [-0.05, 0) is 64.0 Å². The Morgan fingerprint density at radius 2 is 1.84 bits per heavy atom. The number of hydrogen-bond acceptors (Lipinski definition) is 3. The van der Waals surface area contributed by atoms with E-state index >= 15 is 0 Å². The zero-order chi connectivity index (χ0) is 13.7. The van der Waals surface area contributed by atoms with Crippen LogP contribution in [0.5, 0.6) is 5.75 Å². The summed E-state index contributed by atoms with van der Waals surface area (Å²) in [4.78, 5) is 2.57. The van der Waals surface area contributed by atoms with Gasteiger partial charge in [-0.25, -0.2) is 0 Å². The summed E-state index contributed by atoms with van der Waals surface area (Å²) in [5, 5.41) is 3.45. The van der Waals surface area contributed by atoms with E-state index in [0.29, 0.717) is 5.54 Å². The smallest absolute Gasteiger partial charge is 0.118 e. The predicted octanol–water partition coefficient (Wildman–Crippen LogP) is 2.31. The van der Waals surface area contributed by atoms with Gasteiger partial charge in [-0.1, -0.05) is 12.1 Å². The minimum atomic E-state index is 0.344. The molecule has 0 aromatic heterocycles. The topological polar surface area (TPSA) is 24.5 Å². The predicted molar refractivity (Wildman–Crippen MR) is 79.8 cm³/mol. The molecule has 1 aliphatic heterocycles. The normalized spacial score (nSPS) is 19.3. The number of ether oxygens (including phenoxy) is 1. The van der Waals surface area contributed by atoms with Gasteiger partial charge < -0.3 is 15.0 Å². The van der Waals surface area contributed by atoms with Crippen molar-refractivity contribution in [3.8, 4) is 5.75 Å². The van der Waals surface area contributed by atoms with E-state index in [1.807, 2.05) is 12.1 Å². The van der Waals surface area contributed by atoms with Crippen molar-refractivity contribution in [2.45, 2.75) is 31.7 Å². The molecule has 2 rings (SSSR count). The van der Waals surface area contributed by atoms with Crippen LogP contribution in [0.1, 0.15) is 25.3 Å². The van der Waals surface area contributed by atoms with Gasteiger partial charge in [-0.3, -0.25) is 0 Å². The fourth-order valence-electron chi connectivity index (χ4n) is 2.60. The van der Waals surface area contributed by atoms with Crippen LogP contribution >= 0.6 is 0 Å². The molecule has 3 nitrogen and oxygen atoms in total. The zero-order valence-corrected chi connectivity index (χ0v) is 12.4. The van der Waals surface area contributed by atoms with Gasteiger partial charge in [-0.2, -0.15) is 0 Å². The van der Waals surface area contributed by atoms with Crippen LogP contribution in [-0.2, 0) is 6.42 Å². The molecule has 0 spiro atoms. The standard InChI is InChI=1S/C16H26N2O/c1-16(17-2)9-12-18(13-10-16)11-8-14-4-6-15(19-3)7-5-14/h4-7,17H,8-13H2,1-3H3. The number of piperidine rings is 1. The summed E-state index contributed by atoms with van der Waals surface area (Å²) >= 11 is 0. The molecule has 3 heteroatoms. The van der Waals surface area contributed by atoms with Crippen LogP contribution in [-0.4, -0.2) is 44.2 Å². The molecule has 0 unspecified atom stereocenters. The molecule has 1 aromatic rings. The second-order valence-corrected chi connectivity index (χ2v) is 5.75. The van der Waals surface area contributed by atoms with Gasteiger partial charge in [0.2, 0.25) is 0 Å². The fourth-order valence-corrected chi connectivity index (χ4v) is 2.60. The van der Waals surface area contributed by atoms with Gasteiger partial charge >= 0.3 is 0 Å². The van der Waals surface area contributed by atoms with E-state index < -0.39 is 0 Å². The lowest BCUT2D eigenvalue weighted by molar-refractivity contribution is 0.153. The van der Waals surface area contributed by atoms with E-state index in [9.17, 15) is 0 Å². The summed E-state index contributed by atoms with van der Waals surface area (Å²) < 4.78 is 5.18. The Morgan fingerprint density at radius 3 is 2.37 bits per heavy atom. The van der Waals surface area contributed by atoms with Crippen molar-refractivity contribution in [2.24, 2.45) is 0 Å². The Labute approximate surface area is 116 Å². The third kappa shape index (κ3) is 3.95. The van der Waals surface area contributed by atoms with Crippen molar-refractivity contribution in [1.29, 1.82) is 0 Å². The molecular formula is C16H26N2O. The average molecular weight is 262 g/mol. The maximum absolute atomic E-state index is 5.18. The summed E-state index contributed by atoms with van der Waals surface area (Å²) in [5.74, 6) is 0.937. The van der Waals surface area contributed by atoms with Crippen LogP contribution in [0, 0.1) is 0 Å². The zero-order valence-electron chi connectivity index (χ0n) is 12.4. The lowest BCUT2D eigenvalue weighted by atomic mass is 9.90. The second kappa shape index (κ2) is 6.40. The summed E-state index contributed by atoms with van der Waals surface area (Å²) in [6.07, 6.45) is 3.61. The van der Waals surface area contributed by atoms with Crippen LogP contribution in [0.2, 0.25) is 0 Å². The van der Waals surface area contributed by atoms with E-state index in [-0.39, 0.29) is 0 Å². The highest BCUT2D eigenvalue weighted by atomic mass is 16.5. The van der Waals surface area contributed by atoms with Crippen molar-refractivity contribution in [2.75, 3.05) is 33.8 Å². The molecule has 1 saturated heterocycles. The van der Waals surface area contributed by atoms with E-state index in [2.05, 4.69) is 36.3 Å². The molecule has 0 saturated carbocycles. The Morgan fingerprint density at radius 1 is 1.21 bits per heavy atom. The first kappa shape index (κ1) is 14.4. The van der Waals surface area contributed by atoms with Gasteiger partial charge in [0.25, 0.3) is 0 Å². The van der Waals surface area contributed by atoms with Gasteiger partial charge in [0.15, 0.2) is 0 Å². The highest BCUT2D eigenvalue weighted by Gasteiger charge is 2.27. The van der Waals surface area contributed by atoms with E-state index in [1.54, 1.807) is 7.11 Å². The largest absolute Gasteiger partial charge is 0.497 e. The van der Waals surface area contributed by atoms with Crippen molar-refractivity contribution in [3.63, 3.8) is 0 Å². The molecule has 0 atom stereocenters. The van der Waals surface area contributed by atoms with Gasteiger partial charge in [0.1, 0.15) is 5.75 Å². The molecule has 0 radical (unpaired) electrons. The van der Waals surface area contributed by atoms with Crippen molar-refractivity contribution in [3.05, 3.63) is 29.8 Å². The molecule has 0 aliphatic carbocycles. The Hall–Kier alpha value is -1.06. The minimum absolute atomic E-state index is 0.344. The number of nitrogens with one attached hydrogen (secondary N) is 1. The molecule has 1 aliphatic rings. The van der Waals surface area contributed by atoms with Crippen LogP contribution in [0.15, 0.2) is 24.3 Å². The number of benzene rings is 1. The monoisotopic (exact) mass is 262 g/mol. The highest BCUT2D eigenvalue weighted by molar-refractivity contribution is 5.27. The third-order valence-electron chi connectivity index (χ3n) is 4.44. The van der Waals surface area contributed by atoms with E-state index in [4.69, 9.17) is 4.74 Å². The Balaban J connectivity index is 1.77. The minimum Gasteiger partial charge on any atom is -0.497 e. The van der Waals surface area contributed by atoms with Crippen LogP contribution in [0.3, 0.4) is 0 Å². The molecule has 0 amide bonds. The molecule has 19 heavy (non-hydrogen) atoms. The molecule has 1 aromatic carbocycles. The number of nitrogens with zero attached hydrogens (tertiary/aromatic N) is 1. The Bertz CT molecular complexity index is 380. The van der Waals surface area contributed by atoms with Gasteiger partial charge in [-0.15, -0.1) is 0 Å². The first-order valence-electron chi connectivity index (χ1n) is 7.19. The van der Waals surface area contributed by atoms with Gasteiger partial charge in [0, 0.05) is 12.1 Å². The summed E-state index contributed by atoms with van der Waals surface area (Å²) in [6, 6.07) is 8.42. The maximum Gasteiger partial charge on any atom is 0.118 e. The molecule has 1 fully saturated rings. The van der Waals surface area contributed by atoms with Crippen molar-refractivity contribution >= 4 is 0 Å². The fraction of sp³-hybridized carbons (Fsp3) is 0.625. The first-order chi connectivity index (χ1) is 9.15. The van der Waals surface area contributed by atoms with Crippen molar-refractivity contribution in [1.82, 2.24) is 10.2 Å². The molecule has 106 valence electrons. The lowest BCUT2D eigenvalue weighted by Gasteiger charge is -2.39. The number of likely N-dealkylation sites (tertiary alicyclic amines) is 1. The van der Waals surface area contributed by atoms with E-state index in [1.165, 1.54) is 31.5 Å². The molecule has 1 N–H and O–H groups in total. The van der Waals surface area contributed by atoms with Crippen LogP contribution in [0.4, 0.5) is 0 Å². The molecule has 1 heterocycles. The van der Waals surface area contributed by atoms with Gasteiger partial charge in [0.05, 0.1) is 7.11 Å². The molecular weight excluding hydrogens is 236 g/mol. The Kier molecular flexibility index (Phi) is 4.83. The number of methoxy groups -OCH3 is 1. The highest BCUT2D eigenvalue weighted by Crippen LogP contribution is 2.21. The van der Waals surface area contributed by atoms with Crippen molar-refractivity contribution < 1.29 is 4.74 Å². The number of hydrogen-bond donors (Lipinski definition) is 1. The first-order valence-corrected chi connectivity index (χ1v) is 7.19. The second-order valence-electron chi connectivity index (χ2n) is 5.75. The number of rotatable bonds is 5. The van der Waals surface area contributed by atoms with Crippen LogP contribution < -0.4 is 10.1 Å². The quantitative estimate of drug-likeness (QED) is 0.881. The third-order valence-corrected chi connectivity index (χ3v) is 4.44. The average Bonchev–Trinajstić information content (AvgIpc) is 2.47. The summed E-state index contributed by atoms with van der Waals surface area (Å²) in [5.41, 5.74) is 1.74. The summed E-state index contributed by atoms with van der Waals surface area (Å²) in [6.45, 7) is 5.89. The molecule has 0 bridgehead atoms. The lowest BCUT2D eigenvalue weighted by Crippen LogP contribution is -2.50. The maximum atomic E-state index is 5.18. The van der Waals surface area contributed by atoms with Crippen LogP contribution in [0.25, 0.3) is 0 Å². The SMILES string of the molecule is CNC1(C)CCN(CCc2ccc(OC)cc2)CC1. The summed E-state index contributed by atoms with van der Waals surface area (Å²) in [7, 11) is 3.79. The van der Waals surface area contributed by atoms with E-state index in [0.717, 1.165) is 18.7 Å².